The quantitative estimate of drug-likeness (QED) is 0.259. The summed E-state index contributed by atoms with van der Waals surface area (Å²) in [4.78, 5) is 34.5. The highest BCUT2D eigenvalue weighted by molar-refractivity contribution is 6.36. The van der Waals surface area contributed by atoms with E-state index < -0.39 is 18.0 Å². The van der Waals surface area contributed by atoms with Crippen LogP contribution in [0.4, 0.5) is 4.79 Å². The van der Waals surface area contributed by atoms with Crippen molar-refractivity contribution in [2.75, 3.05) is 26.7 Å². The molecule has 1 aromatic rings. The lowest BCUT2D eigenvalue weighted by Crippen LogP contribution is -2.44. The van der Waals surface area contributed by atoms with Gasteiger partial charge in [-0.15, -0.1) is 0 Å². The molecule has 0 unspecified atom stereocenters. The van der Waals surface area contributed by atoms with E-state index in [1.165, 1.54) is 0 Å². The minimum atomic E-state index is -0.936. The van der Waals surface area contributed by atoms with Gasteiger partial charge in [-0.2, -0.15) is 0 Å². The number of carbonyl (C=O) groups excluding carboxylic acids is 3. The fourth-order valence-electron chi connectivity index (χ4n) is 1.77. The summed E-state index contributed by atoms with van der Waals surface area (Å²) in [5.41, 5.74) is 0.418. The maximum atomic E-state index is 11.9. The van der Waals surface area contributed by atoms with Crippen molar-refractivity contribution in [3.05, 3.63) is 33.8 Å². The molecule has 0 atom stereocenters. The molecular weight excluding hydrogens is 385 g/mol. The van der Waals surface area contributed by atoms with Crippen molar-refractivity contribution in [2.45, 2.75) is 6.42 Å². The van der Waals surface area contributed by atoms with Gasteiger partial charge in [0.1, 0.15) is 6.61 Å². The van der Waals surface area contributed by atoms with Gasteiger partial charge in [-0.1, -0.05) is 29.3 Å². The van der Waals surface area contributed by atoms with Crippen LogP contribution in [0.5, 0.6) is 0 Å². The van der Waals surface area contributed by atoms with Crippen LogP contribution in [0.1, 0.15) is 5.56 Å². The number of hydrogen-bond acceptors (Lipinski definition) is 6. The largest absolute Gasteiger partial charge is 0.447 e. The number of ether oxygens (including phenoxy) is 1. The van der Waals surface area contributed by atoms with Gasteiger partial charge in [-0.3, -0.25) is 25.6 Å². The van der Waals surface area contributed by atoms with Crippen LogP contribution >= 0.6 is 23.2 Å². The Labute approximate surface area is 160 Å². The average Bonchev–Trinajstić information content (AvgIpc) is 2.55. The van der Waals surface area contributed by atoms with E-state index in [1.807, 2.05) is 5.32 Å². The van der Waals surface area contributed by atoms with Gasteiger partial charge < -0.3 is 15.4 Å². The molecule has 1 aromatic carbocycles. The Kier molecular flexibility index (Phi) is 9.42. The van der Waals surface area contributed by atoms with Crippen LogP contribution in [0.25, 0.3) is 0 Å². The molecule has 11 heteroatoms. The number of rotatable bonds is 7. The molecule has 0 saturated heterocycles. The van der Waals surface area contributed by atoms with Gasteiger partial charge in [0.25, 0.3) is 0 Å². The summed E-state index contributed by atoms with van der Waals surface area (Å²) >= 11 is 11.9. The molecule has 0 aliphatic rings. The number of carbonyl (C=O) groups is 3. The molecule has 26 heavy (non-hydrogen) atoms. The van der Waals surface area contributed by atoms with Gasteiger partial charge in [0.2, 0.25) is 17.8 Å². The number of likely N-dealkylation sites (N-methyl/N-ethyl adjacent to an activating group) is 1. The van der Waals surface area contributed by atoms with E-state index >= 15 is 0 Å². The molecule has 0 heterocycles. The summed E-state index contributed by atoms with van der Waals surface area (Å²) in [6.07, 6.45) is -1.09. The zero-order chi connectivity index (χ0) is 19.5. The predicted molar refractivity (Wildman–Crippen MR) is 97.5 cm³/mol. The van der Waals surface area contributed by atoms with Crippen molar-refractivity contribution in [1.29, 1.82) is 5.41 Å². The summed E-state index contributed by atoms with van der Waals surface area (Å²) < 4.78 is 4.76. The minimum Gasteiger partial charge on any atom is -0.447 e. The molecule has 0 spiro atoms. The number of benzene rings is 1. The molecule has 142 valence electrons. The summed E-state index contributed by atoms with van der Waals surface area (Å²) in [6.45, 7) is 0.189. The Balaban J connectivity index is 2.31. The van der Waals surface area contributed by atoms with Crippen molar-refractivity contribution in [3.63, 3.8) is 0 Å². The summed E-state index contributed by atoms with van der Waals surface area (Å²) in [7, 11) is 1.63. The third kappa shape index (κ3) is 8.15. The van der Waals surface area contributed by atoms with Crippen LogP contribution in [0, 0.1) is 5.41 Å². The van der Waals surface area contributed by atoms with E-state index in [1.54, 1.807) is 25.2 Å². The molecule has 0 fully saturated rings. The van der Waals surface area contributed by atoms with Crippen molar-refractivity contribution >= 4 is 47.1 Å². The highest BCUT2D eigenvalue weighted by Crippen LogP contribution is 2.24. The Bertz CT molecular complexity index is 664. The van der Waals surface area contributed by atoms with Gasteiger partial charge in [-0.05, 0) is 24.7 Å². The van der Waals surface area contributed by atoms with E-state index in [-0.39, 0.29) is 32.0 Å². The van der Waals surface area contributed by atoms with E-state index in [2.05, 4.69) is 16.0 Å². The molecule has 5 N–H and O–H groups in total. The van der Waals surface area contributed by atoms with Crippen LogP contribution < -0.4 is 21.3 Å². The monoisotopic (exact) mass is 403 g/mol. The standard InChI is InChI=1S/C15H19Cl2N5O4/c1-19-8-13(24)20-5-6-26-15(25)22-14(18)21-12(23)7-9-10(16)3-2-4-11(9)17/h2-4,19H,5-8H2,1H3,(H,20,24)(H3,18,21,22,23,25). The topological polar surface area (TPSA) is 132 Å². The average molecular weight is 404 g/mol. The van der Waals surface area contributed by atoms with E-state index in [0.717, 1.165) is 0 Å². The van der Waals surface area contributed by atoms with Gasteiger partial charge >= 0.3 is 6.09 Å². The van der Waals surface area contributed by atoms with Crippen LogP contribution in [-0.2, 0) is 20.7 Å². The number of hydrogen-bond donors (Lipinski definition) is 5. The molecule has 3 amide bonds. The lowest BCUT2D eigenvalue weighted by atomic mass is 10.1. The SMILES string of the molecule is CNCC(=O)NCCOC(=O)NC(=N)NC(=O)Cc1c(Cl)cccc1Cl. The number of guanidine groups is 1. The highest BCUT2D eigenvalue weighted by atomic mass is 35.5. The molecule has 0 saturated carbocycles. The first-order valence-electron chi connectivity index (χ1n) is 7.49. The van der Waals surface area contributed by atoms with Gasteiger partial charge in [0.05, 0.1) is 19.5 Å². The molecule has 0 aliphatic heterocycles. The molecule has 0 aliphatic carbocycles. The number of halogens is 2. The molecular formula is C15H19Cl2N5O4. The molecule has 0 radical (unpaired) electrons. The number of alkyl carbamates (subject to hydrolysis) is 1. The van der Waals surface area contributed by atoms with Crippen molar-refractivity contribution in [3.8, 4) is 0 Å². The minimum absolute atomic E-state index is 0.0856. The number of amides is 3. The Morgan fingerprint density at radius 2 is 1.77 bits per heavy atom. The lowest BCUT2D eigenvalue weighted by Gasteiger charge is -2.10. The second-order valence-electron chi connectivity index (χ2n) is 4.94. The summed E-state index contributed by atoms with van der Waals surface area (Å²) in [5.74, 6) is -1.37. The van der Waals surface area contributed by atoms with Gasteiger partial charge in [0.15, 0.2) is 0 Å². The third-order valence-electron chi connectivity index (χ3n) is 2.89. The normalized spacial score (nSPS) is 9.96. The van der Waals surface area contributed by atoms with E-state index in [0.29, 0.717) is 15.6 Å². The van der Waals surface area contributed by atoms with Crippen molar-refractivity contribution < 1.29 is 19.1 Å². The zero-order valence-electron chi connectivity index (χ0n) is 13.9. The zero-order valence-corrected chi connectivity index (χ0v) is 15.5. The first kappa shape index (κ1) is 21.7. The molecule has 1 rings (SSSR count). The van der Waals surface area contributed by atoms with Crippen molar-refractivity contribution in [1.82, 2.24) is 21.3 Å². The lowest BCUT2D eigenvalue weighted by molar-refractivity contribution is -0.120. The maximum absolute atomic E-state index is 11.9. The Hall–Kier alpha value is -2.36. The third-order valence-corrected chi connectivity index (χ3v) is 3.59. The second-order valence-corrected chi connectivity index (χ2v) is 5.76. The van der Waals surface area contributed by atoms with Crippen LogP contribution in [-0.4, -0.2) is 50.6 Å². The predicted octanol–water partition coefficient (Wildman–Crippen LogP) is 0.649. The van der Waals surface area contributed by atoms with Gasteiger partial charge in [-0.25, -0.2) is 4.79 Å². The smallest absolute Gasteiger partial charge is 0.414 e. The van der Waals surface area contributed by atoms with Crippen LogP contribution in [0.15, 0.2) is 18.2 Å². The first-order valence-corrected chi connectivity index (χ1v) is 8.25. The molecule has 9 nitrogen and oxygen atoms in total. The fraction of sp³-hybridized carbons (Fsp3) is 0.333. The fourth-order valence-corrected chi connectivity index (χ4v) is 2.30. The summed E-state index contributed by atoms with van der Waals surface area (Å²) in [6, 6.07) is 4.82. The molecule has 0 aromatic heterocycles. The van der Waals surface area contributed by atoms with Crippen LogP contribution in [0.3, 0.4) is 0 Å². The molecule has 0 bridgehead atoms. The van der Waals surface area contributed by atoms with Crippen LogP contribution in [0.2, 0.25) is 10.0 Å². The van der Waals surface area contributed by atoms with E-state index in [9.17, 15) is 14.4 Å². The number of nitrogens with one attached hydrogen (secondary N) is 5. The second kappa shape index (κ2) is 11.3. The Morgan fingerprint density at radius 3 is 2.38 bits per heavy atom. The highest BCUT2D eigenvalue weighted by Gasteiger charge is 2.13. The maximum Gasteiger partial charge on any atom is 0.414 e. The van der Waals surface area contributed by atoms with Gasteiger partial charge in [0, 0.05) is 10.0 Å². The summed E-state index contributed by atoms with van der Waals surface area (Å²) in [5, 5.41) is 17.6. The first-order chi connectivity index (χ1) is 12.3. The van der Waals surface area contributed by atoms with Crippen molar-refractivity contribution in [2.24, 2.45) is 0 Å². The van der Waals surface area contributed by atoms with E-state index in [4.69, 9.17) is 33.3 Å². The Morgan fingerprint density at radius 1 is 1.12 bits per heavy atom.